The molecule has 0 aromatic rings. The largest absolute Gasteiger partial charge is 0.462 e. The molecule has 0 aromatic carbocycles. The van der Waals surface area contributed by atoms with Gasteiger partial charge in [-0.1, -0.05) is 20.8 Å². The zero-order valence-corrected chi connectivity index (χ0v) is 15.9. The molecule has 1 spiro atoms. The van der Waals surface area contributed by atoms with Crippen molar-refractivity contribution >= 4 is 11.8 Å². The fraction of sp³-hybridized carbons (Fsp3) is 0.900. The van der Waals surface area contributed by atoms with Crippen molar-refractivity contribution < 1.29 is 34.4 Å². The van der Waals surface area contributed by atoms with Crippen LogP contribution in [0.4, 0.5) is 0 Å². The minimum absolute atomic E-state index is 0.0122. The van der Waals surface area contributed by atoms with Gasteiger partial charge in [0.1, 0.15) is 18.3 Å². The van der Waals surface area contributed by atoms with Crippen molar-refractivity contribution in [2.45, 2.75) is 64.1 Å². The number of hydrogen-bond donors (Lipinski definition) is 3. The van der Waals surface area contributed by atoms with Crippen molar-refractivity contribution in [2.24, 2.45) is 40.4 Å². The van der Waals surface area contributed by atoms with Crippen molar-refractivity contribution in [2.75, 3.05) is 6.61 Å². The van der Waals surface area contributed by atoms with Crippen LogP contribution in [0.25, 0.3) is 0 Å². The fourth-order valence-corrected chi connectivity index (χ4v) is 7.96. The summed E-state index contributed by atoms with van der Waals surface area (Å²) in [4.78, 5) is 24.9. The summed E-state index contributed by atoms with van der Waals surface area (Å²) < 4.78 is 11.7. The van der Waals surface area contributed by atoms with Crippen LogP contribution in [0, 0.1) is 40.4 Å². The Hall–Kier alpha value is -1.02. The highest BCUT2D eigenvalue weighted by atomic mass is 16.6. The highest BCUT2D eigenvalue weighted by Gasteiger charge is 2.82. The minimum Gasteiger partial charge on any atom is -0.462 e. The van der Waals surface area contributed by atoms with Crippen molar-refractivity contribution in [3.63, 3.8) is 0 Å². The van der Waals surface area contributed by atoms with Crippen LogP contribution in [-0.2, 0) is 19.1 Å². The number of ketones is 1. The van der Waals surface area contributed by atoms with Crippen LogP contribution in [0.5, 0.6) is 0 Å². The third-order valence-electron chi connectivity index (χ3n) is 9.00. The monoisotopic (exact) mass is 380 g/mol. The number of aliphatic hydroxyl groups is 3. The van der Waals surface area contributed by atoms with Crippen molar-refractivity contribution in [3.8, 4) is 0 Å². The maximum atomic E-state index is 12.6. The fourth-order valence-electron chi connectivity index (χ4n) is 7.96. The van der Waals surface area contributed by atoms with E-state index >= 15 is 0 Å². The molecule has 150 valence electrons. The van der Waals surface area contributed by atoms with Gasteiger partial charge in [-0.05, 0) is 30.1 Å². The second-order valence-corrected chi connectivity index (χ2v) is 9.94. The molecular formula is C20H28O7. The second-order valence-electron chi connectivity index (χ2n) is 9.94. The smallest absolute Gasteiger partial charge is 0.306 e. The predicted molar refractivity (Wildman–Crippen MR) is 91.0 cm³/mol. The van der Waals surface area contributed by atoms with Crippen LogP contribution >= 0.6 is 0 Å². The van der Waals surface area contributed by atoms with Crippen LogP contribution in [0.1, 0.15) is 40.0 Å². The molecule has 3 N–H and O–H groups in total. The molecule has 2 bridgehead atoms. The molecular weight excluding hydrogens is 352 g/mol. The molecule has 3 aliphatic carbocycles. The number of Topliss-reactive ketones (excluding diaryl/α,β-unsaturated/α-hetero) is 1. The average molecular weight is 380 g/mol. The molecule has 3 saturated carbocycles. The van der Waals surface area contributed by atoms with Gasteiger partial charge in [0.2, 0.25) is 0 Å². The first-order valence-corrected chi connectivity index (χ1v) is 10.0. The second kappa shape index (κ2) is 5.12. The number of rotatable bonds is 0. The number of hydrogen-bond acceptors (Lipinski definition) is 7. The van der Waals surface area contributed by atoms with Gasteiger partial charge >= 0.3 is 5.97 Å². The SMILES string of the molecule is CC1CC(=O)[C@@H](O)C2(C)C3[C@]45CO[C@]3(O)[C@H](O)C(C)[C@@H]4CC(=O)O[C@@H]5C[C@@H]12. The topological polar surface area (TPSA) is 113 Å². The molecule has 0 radical (unpaired) electrons. The van der Waals surface area contributed by atoms with Crippen LogP contribution in [0.3, 0.4) is 0 Å². The summed E-state index contributed by atoms with van der Waals surface area (Å²) in [6.07, 6.45) is -1.88. The maximum absolute atomic E-state index is 12.6. The van der Waals surface area contributed by atoms with Crippen molar-refractivity contribution in [3.05, 3.63) is 0 Å². The van der Waals surface area contributed by atoms with E-state index in [9.17, 15) is 24.9 Å². The molecule has 2 aliphatic heterocycles. The lowest BCUT2D eigenvalue weighted by atomic mass is 9.37. The summed E-state index contributed by atoms with van der Waals surface area (Å²) in [5.74, 6) is -3.74. The van der Waals surface area contributed by atoms with Gasteiger partial charge in [-0.2, -0.15) is 0 Å². The van der Waals surface area contributed by atoms with E-state index in [1.54, 1.807) is 0 Å². The number of fused-ring (bicyclic) bond motifs is 1. The third kappa shape index (κ3) is 1.78. The molecule has 27 heavy (non-hydrogen) atoms. The Kier molecular flexibility index (Phi) is 3.42. The lowest BCUT2D eigenvalue weighted by Gasteiger charge is -2.68. The van der Waals surface area contributed by atoms with E-state index in [1.165, 1.54) is 0 Å². The van der Waals surface area contributed by atoms with Gasteiger partial charge in [0.25, 0.3) is 0 Å². The Labute approximate surface area is 158 Å². The molecule has 5 aliphatic rings. The summed E-state index contributed by atoms with van der Waals surface area (Å²) in [7, 11) is 0. The molecule has 5 rings (SSSR count). The van der Waals surface area contributed by atoms with Gasteiger partial charge in [0, 0.05) is 29.6 Å². The first-order valence-electron chi connectivity index (χ1n) is 10.0. The summed E-state index contributed by atoms with van der Waals surface area (Å²) in [5, 5.41) is 33.5. The Bertz CT molecular complexity index is 723. The molecule has 2 heterocycles. The van der Waals surface area contributed by atoms with Crippen LogP contribution in [0.15, 0.2) is 0 Å². The first kappa shape index (κ1) is 18.0. The molecule has 0 amide bonds. The van der Waals surface area contributed by atoms with Gasteiger partial charge in [-0.25, -0.2) is 0 Å². The van der Waals surface area contributed by atoms with Gasteiger partial charge in [-0.15, -0.1) is 0 Å². The lowest BCUT2D eigenvalue weighted by molar-refractivity contribution is -0.338. The third-order valence-corrected chi connectivity index (χ3v) is 9.00. The summed E-state index contributed by atoms with van der Waals surface area (Å²) in [6, 6.07) is 0. The van der Waals surface area contributed by atoms with E-state index < -0.39 is 40.8 Å². The number of aliphatic hydroxyl groups excluding tert-OH is 2. The molecule has 2 saturated heterocycles. The molecule has 11 atom stereocenters. The molecule has 4 unspecified atom stereocenters. The van der Waals surface area contributed by atoms with Gasteiger partial charge in [0.05, 0.1) is 6.61 Å². The van der Waals surface area contributed by atoms with Crippen molar-refractivity contribution in [1.82, 2.24) is 0 Å². The number of carbonyl (C=O) groups excluding carboxylic acids is 2. The van der Waals surface area contributed by atoms with E-state index in [2.05, 4.69) is 0 Å². The number of ether oxygens (including phenoxy) is 2. The Balaban J connectivity index is 1.76. The highest BCUT2D eigenvalue weighted by Crippen LogP contribution is 2.73. The standard InChI is InChI=1S/C20H28O7/c1-8-4-12(21)16(24)18(3)10(8)5-13-19-7-26-20(25,17(18)19)15(23)9(2)11(19)6-14(22)27-13/h8-11,13,15-17,23-25H,4-7H2,1-3H3/t8?,9?,10-,11-,13+,15+,16+,17?,18?,19+,20+/m0/s1. The maximum Gasteiger partial charge on any atom is 0.306 e. The van der Waals surface area contributed by atoms with Crippen LogP contribution in [0.2, 0.25) is 0 Å². The van der Waals surface area contributed by atoms with E-state index in [0.717, 1.165) is 0 Å². The summed E-state index contributed by atoms with van der Waals surface area (Å²) >= 11 is 0. The van der Waals surface area contributed by atoms with Gasteiger partial charge in [-0.3, -0.25) is 9.59 Å². The van der Waals surface area contributed by atoms with Crippen LogP contribution < -0.4 is 0 Å². The molecule has 7 heteroatoms. The molecule has 0 aromatic heterocycles. The zero-order valence-electron chi connectivity index (χ0n) is 15.9. The quantitative estimate of drug-likeness (QED) is 0.516. The Morgan fingerprint density at radius 1 is 1.11 bits per heavy atom. The predicted octanol–water partition coefficient (Wildman–Crippen LogP) is 0.246. The van der Waals surface area contributed by atoms with E-state index in [0.29, 0.717) is 6.42 Å². The lowest BCUT2D eigenvalue weighted by Crippen LogP contribution is -2.76. The van der Waals surface area contributed by atoms with Crippen LogP contribution in [-0.4, -0.2) is 57.8 Å². The van der Waals surface area contributed by atoms with Crippen molar-refractivity contribution in [1.29, 1.82) is 0 Å². The van der Waals surface area contributed by atoms with E-state index in [4.69, 9.17) is 9.47 Å². The number of carbonyl (C=O) groups is 2. The first-order chi connectivity index (χ1) is 12.6. The van der Waals surface area contributed by atoms with Gasteiger partial charge in [0.15, 0.2) is 11.6 Å². The summed E-state index contributed by atoms with van der Waals surface area (Å²) in [6.45, 7) is 5.83. The summed E-state index contributed by atoms with van der Waals surface area (Å²) in [5.41, 5.74) is -1.63. The normalized spacial score (nSPS) is 61.9. The average Bonchev–Trinajstić information content (AvgIpc) is 2.90. The zero-order chi connectivity index (χ0) is 19.5. The van der Waals surface area contributed by atoms with E-state index in [1.807, 2.05) is 20.8 Å². The number of esters is 1. The Morgan fingerprint density at radius 3 is 2.52 bits per heavy atom. The highest BCUT2D eigenvalue weighted by molar-refractivity contribution is 5.85. The van der Waals surface area contributed by atoms with E-state index in [-0.39, 0.29) is 54.9 Å². The molecule has 7 nitrogen and oxygen atoms in total. The Morgan fingerprint density at radius 2 is 1.81 bits per heavy atom. The molecule has 5 fully saturated rings. The van der Waals surface area contributed by atoms with Gasteiger partial charge < -0.3 is 24.8 Å². The minimum atomic E-state index is -1.86.